The monoisotopic (exact) mass is 470 g/mol. The summed E-state index contributed by atoms with van der Waals surface area (Å²) in [5.74, 6) is -0.570. The second-order valence-corrected chi connectivity index (χ2v) is 6.58. The predicted molar refractivity (Wildman–Crippen MR) is 93.1 cm³/mol. The average molecular weight is 472 g/mol. The maximum atomic E-state index is 13.9. The van der Waals surface area contributed by atoms with Gasteiger partial charge in [-0.3, -0.25) is 0 Å². The molecule has 0 aliphatic carbocycles. The van der Waals surface area contributed by atoms with Crippen molar-refractivity contribution in [1.82, 2.24) is 0 Å². The Kier molecular flexibility index (Phi) is 5.64. The Morgan fingerprint density at radius 2 is 1.74 bits per heavy atom. The first-order chi connectivity index (χ1) is 10.7. The van der Waals surface area contributed by atoms with Crippen molar-refractivity contribution in [1.29, 1.82) is 0 Å². The molecule has 0 saturated heterocycles. The van der Waals surface area contributed by atoms with E-state index in [4.69, 9.17) is 12.2 Å². The maximum Gasteiger partial charge on any atom is 0.416 e. The van der Waals surface area contributed by atoms with Gasteiger partial charge in [-0.05, 0) is 58.5 Å². The number of anilines is 2. The first-order valence-electron chi connectivity index (χ1n) is 6.06. The number of rotatable bonds is 2. The number of alkyl halides is 3. The third-order valence-corrected chi connectivity index (χ3v) is 3.98. The van der Waals surface area contributed by atoms with E-state index in [9.17, 15) is 17.6 Å². The summed E-state index contributed by atoms with van der Waals surface area (Å²) in [6.45, 7) is 0. The Hall–Kier alpha value is -1.19. The number of thiocarbonyl (C=S) groups is 1. The van der Waals surface area contributed by atoms with Crippen LogP contribution in [0, 0.1) is 5.82 Å². The minimum Gasteiger partial charge on any atom is -0.332 e. The molecule has 0 fully saturated rings. The number of halogens is 6. The first kappa shape index (κ1) is 18.2. The number of benzene rings is 2. The molecule has 0 radical (unpaired) electrons. The van der Waals surface area contributed by atoms with E-state index in [-0.39, 0.29) is 16.5 Å². The molecule has 2 aromatic rings. The van der Waals surface area contributed by atoms with Crippen LogP contribution >= 0.6 is 44.1 Å². The summed E-state index contributed by atoms with van der Waals surface area (Å²) in [6, 6.07) is 7.39. The van der Waals surface area contributed by atoms with Crippen molar-refractivity contribution in [2.75, 3.05) is 10.6 Å². The smallest absolute Gasteiger partial charge is 0.332 e. The molecule has 9 heteroatoms. The van der Waals surface area contributed by atoms with Crippen LogP contribution in [-0.2, 0) is 6.18 Å². The van der Waals surface area contributed by atoms with Crippen LogP contribution < -0.4 is 10.6 Å². The highest BCUT2D eigenvalue weighted by molar-refractivity contribution is 9.11. The Morgan fingerprint density at radius 1 is 1.04 bits per heavy atom. The second-order valence-electron chi connectivity index (χ2n) is 4.40. The summed E-state index contributed by atoms with van der Waals surface area (Å²) in [5.41, 5.74) is -0.579. The van der Waals surface area contributed by atoms with Crippen LogP contribution in [0.4, 0.5) is 28.9 Å². The summed E-state index contributed by atoms with van der Waals surface area (Å²) >= 11 is 11.3. The largest absolute Gasteiger partial charge is 0.416 e. The summed E-state index contributed by atoms with van der Waals surface area (Å²) in [7, 11) is 0. The quantitative estimate of drug-likeness (QED) is 0.404. The zero-order chi connectivity index (χ0) is 17.2. The topological polar surface area (TPSA) is 24.1 Å². The van der Waals surface area contributed by atoms with Crippen molar-refractivity contribution < 1.29 is 17.6 Å². The molecule has 2 rings (SSSR count). The number of hydrogen-bond donors (Lipinski definition) is 2. The van der Waals surface area contributed by atoms with E-state index in [0.717, 1.165) is 12.1 Å². The van der Waals surface area contributed by atoms with Gasteiger partial charge < -0.3 is 10.6 Å². The van der Waals surface area contributed by atoms with E-state index in [1.807, 2.05) is 0 Å². The van der Waals surface area contributed by atoms with Gasteiger partial charge in [0.15, 0.2) is 5.11 Å². The maximum absolute atomic E-state index is 13.9. The lowest BCUT2D eigenvalue weighted by molar-refractivity contribution is -0.137. The van der Waals surface area contributed by atoms with Gasteiger partial charge in [0.05, 0.1) is 11.3 Å². The molecule has 0 aliphatic rings. The third-order valence-electron chi connectivity index (χ3n) is 2.69. The molecule has 0 amide bonds. The lowest BCUT2D eigenvalue weighted by Crippen LogP contribution is -2.20. The Balaban J connectivity index is 2.15. The Morgan fingerprint density at radius 3 is 2.35 bits per heavy atom. The standard InChI is InChI=1S/C14H8Br2F4N2S/c15-8-5-10(16)12(11(17)6-8)22-13(23)21-9-3-1-2-7(4-9)14(18,19)20/h1-6H,(H2,21,22,23). The van der Waals surface area contributed by atoms with Gasteiger partial charge in [0.2, 0.25) is 0 Å². The zero-order valence-electron chi connectivity index (χ0n) is 11.1. The fraction of sp³-hybridized carbons (Fsp3) is 0.0714. The number of nitrogens with one attached hydrogen (secondary N) is 2. The van der Waals surface area contributed by atoms with E-state index >= 15 is 0 Å². The van der Waals surface area contributed by atoms with Crippen LogP contribution in [0.25, 0.3) is 0 Å². The molecular formula is C14H8Br2F4N2S. The molecule has 0 unspecified atom stereocenters. The highest BCUT2D eigenvalue weighted by Gasteiger charge is 2.30. The van der Waals surface area contributed by atoms with Gasteiger partial charge in [-0.25, -0.2) is 4.39 Å². The van der Waals surface area contributed by atoms with Crippen molar-refractivity contribution in [3.63, 3.8) is 0 Å². The predicted octanol–water partition coefficient (Wildman–Crippen LogP) is 6.18. The lowest BCUT2D eigenvalue weighted by atomic mass is 10.2. The molecule has 0 atom stereocenters. The van der Waals surface area contributed by atoms with Crippen LogP contribution in [0.1, 0.15) is 5.56 Å². The van der Waals surface area contributed by atoms with Crippen LogP contribution in [0.3, 0.4) is 0 Å². The molecule has 2 aromatic carbocycles. The Labute approximate surface area is 151 Å². The van der Waals surface area contributed by atoms with E-state index in [2.05, 4.69) is 42.5 Å². The van der Waals surface area contributed by atoms with Gasteiger partial charge in [-0.15, -0.1) is 0 Å². The van der Waals surface area contributed by atoms with E-state index in [1.165, 1.54) is 18.2 Å². The van der Waals surface area contributed by atoms with E-state index < -0.39 is 17.6 Å². The summed E-state index contributed by atoms with van der Waals surface area (Å²) in [6.07, 6.45) is -4.45. The molecule has 0 aromatic heterocycles. The van der Waals surface area contributed by atoms with Gasteiger partial charge in [-0.2, -0.15) is 13.2 Å². The van der Waals surface area contributed by atoms with E-state index in [1.54, 1.807) is 6.07 Å². The fourth-order valence-corrected chi connectivity index (χ4v) is 3.20. The summed E-state index contributed by atoms with van der Waals surface area (Å²) in [4.78, 5) is 0. The summed E-state index contributed by atoms with van der Waals surface area (Å²) < 4.78 is 52.8. The first-order valence-corrected chi connectivity index (χ1v) is 8.06. The molecule has 0 heterocycles. The van der Waals surface area contributed by atoms with Gasteiger partial charge >= 0.3 is 6.18 Å². The number of hydrogen-bond acceptors (Lipinski definition) is 1. The van der Waals surface area contributed by atoms with Crippen LogP contribution in [0.2, 0.25) is 0 Å². The van der Waals surface area contributed by atoms with Crippen LogP contribution in [0.5, 0.6) is 0 Å². The van der Waals surface area contributed by atoms with Gasteiger partial charge in [0.1, 0.15) is 5.82 Å². The van der Waals surface area contributed by atoms with Gasteiger partial charge in [-0.1, -0.05) is 22.0 Å². The molecule has 0 saturated carbocycles. The zero-order valence-corrected chi connectivity index (χ0v) is 15.1. The molecule has 23 heavy (non-hydrogen) atoms. The van der Waals surface area contributed by atoms with Gasteiger partial charge in [0.25, 0.3) is 0 Å². The Bertz CT molecular complexity index is 727. The molecule has 2 N–H and O–H groups in total. The van der Waals surface area contributed by atoms with Crippen molar-refractivity contribution in [3.8, 4) is 0 Å². The van der Waals surface area contributed by atoms with Crippen molar-refractivity contribution in [3.05, 3.63) is 56.7 Å². The van der Waals surface area contributed by atoms with Crippen molar-refractivity contribution >= 4 is 60.6 Å². The molecule has 0 spiro atoms. The summed E-state index contributed by atoms with van der Waals surface area (Å²) in [5, 5.41) is 5.17. The second kappa shape index (κ2) is 7.14. The lowest BCUT2D eigenvalue weighted by Gasteiger charge is -2.14. The molecule has 122 valence electrons. The fourth-order valence-electron chi connectivity index (χ4n) is 1.71. The van der Waals surface area contributed by atoms with Crippen molar-refractivity contribution in [2.24, 2.45) is 0 Å². The van der Waals surface area contributed by atoms with Gasteiger partial charge in [0, 0.05) is 14.6 Å². The minimum absolute atomic E-state index is 0.0359. The normalized spacial score (nSPS) is 11.2. The average Bonchev–Trinajstić information content (AvgIpc) is 2.42. The van der Waals surface area contributed by atoms with Crippen molar-refractivity contribution in [2.45, 2.75) is 6.18 Å². The molecular weight excluding hydrogens is 464 g/mol. The molecule has 0 aliphatic heterocycles. The third kappa shape index (κ3) is 4.89. The highest BCUT2D eigenvalue weighted by atomic mass is 79.9. The van der Waals surface area contributed by atoms with Crippen LogP contribution in [0.15, 0.2) is 45.3 Å². The highest BCUT2D eigenvalue weighted by Crippen LogP contribution is 2.31. The molecule has 0 bridgehead atoms. The SMILES string of the molecule is Fc1cc(Br)cc(Br)c1NC(=S)Nc1cccc(C(F)(F)F)c1. The van der Waals surface area contributed by atoms with E-state index in [0.29, 0.717) is 8.95 Å². The van der Waals surface area contributed by atoms with Crippen LogP contribution in [-0.4, -0.2) is 5.11 Å². The minimum atomic E-state index is -4.45. The molecule has 2 nitrogen and oxygen atoms in total.